The fraction of sp³-hybridized carbons (Fsp3) is 0.200. The van der Waals surface area contributed by atoms with Gasteiger partial charge in [-0.2, -0.15) is 0 Å². The minimum atomic E-state index is 0.555. The first-order valence-corrected chi connectivity index (χ1v) is 8.66. The number of hydrogen-bond donors (Lipinski definition) is 0. The zero-order valence-electron chi connectivity index (χ0n) is 9.16. The van der Waals surface area contributed by atoms with Crippen molar-refractivity contribution in [2.75, 3.05) is 0 Å². The summed E-state index contributed by atoms with van der Waals surface area (Å²) in [5.74, 6) is 0. The lowest BCUT2D eigenvalue weighted by Gasteiger charge is -2.13. The van der Waals surface area contributed by atoms with E-state index in [2.05, 4.69) is 63.7 Å². The average molecular weight is 545 g/mol. The van der Waals surface area contributed by atoms with Crippen LogP contribution in [0.5, 0.6) is 0 Å². The molecule has 0 spiro atoms. The topological polar surface area (TPSA) is 9.86 Å². The predicted octanol–water partition coefficient (Wildman–Crippen LogP) is 6.57. The molecule has 0 fully saturated rings. The molecule has 0 radical (unpaired) electrons. The average Bonchev–Trinajstić information content (AvgIpc) is 2.64. The van der Waals surface area contributed by atoms with Crippen LogP contribution in [0, 0.1) is 13.8 Å². The van der Waals surface area contributed by atoms with Gasteiger partial charge in [-0.25, -0.2) is 9.35 Å². The van der Waals surface area contributed by atoms with Crippen LogP contribution in [0.15, 0.2) is 17.9 Å². The second-order valence-electron chi connectivity index (χ2n) is 3.63. The third-order valence-electron chi connectivity index (χ3n) is 2.59. The smallest absolute Gasteiger partial charge is 0.144 e. The van der Waals surface area contributed by atoms with Gasteiger partial charge in [-0.3, -0.25) is 0 Å². The lowest BCUT2D eigenvalue weighted by molar-refractivity contribution is 0.628. The van der Waals surface area contributed by atoms with Crippen molar-refractivity contribution < 1.29 is 0 Å². The number of hydrogen-bond acceptors (Lipinski definition) is 0. The van der Waals surface area contributed by atoms with Crippen molar-refractivity contribution in [1.29, 1.82) is 0 Å². The zero-order valence-corrected chi connectivity index (χ0v) is 17.0. The van der Waals surface area contributed by atoms with Gasteiger partial charge in [0.1, 0.15) is 10.3 Å². The van der Waals surface area contributed by atoms with Gasteiger partial charge in [-0.15, -0.1) is 0 Å². The summed E-state index contributed by atoms with van der Waals surface area (Å²) >= 11 is 26.5. The summed E-state index contributed by atoms with van der Waals surface area (Å²) in [6.07, 6.45) is 0. The first-order chi connectivity index (χ1) is 8.29. The molecule has 0 amide bonds. The van der Waals surface area contributed by atoms with Gasteiger partial charge < -0.3 is 0 Å². The molecular weight excluding hydrogens is 539 g/mol. The second kappa shape index (κ2) is 5.45. The van der Waals surface area contributed by atoms with Gasteiger partial charge in [-0.05, 0) is 77.6 Å². The molecule has 98 valence electrons. The molecule has 0 aromatic carbocycles. The number of halogens is 6. The molecule has 2 aromatic rings. The molecule has 0 aliphatic carbocycles. The molecule has 0 aliphatic rings. The summed E-state index contributed by atoms with van der Waals surface area (Å²) in [6, 6.07) is 0. The third-order valence-corrected chi connectivity index (χ3v) is 8.29. The van der Waals surface area contributed by atoms with Crippen molar-refractivity contribution in [1.82, 2.24) is 9.35 Å². The number of rotatable bonds is 1. The van der Waals surface area contributed by atoms with E-state index in [1.54, 1.807) is 0 Å². The van der Waals surface area contributed by atoms with E-state index in [4.69, 9.17) is 23.2 Å². The maximum absolute atomic E-state index is 6.34. The largest absolute Gasteiger partial charge is 0.239 e. The third kappa shape index (κ3) is 2.17. The molecule has 0 atom stereocenters. The molecule has 0 saturated carbocycles. The molecule has 2 nitrogen and oxygen atoms in total. The van der Waals surface area contributed by atoms with Crippen molar-refractivity contribution >= 4 is 86.9 Å². The minimum absolute atomic E-state index is 0.555. The molecule has 2 aromatic heterocycles. The van der Waals surface area contributed by atoms with Crippen molar-refractivity contribution in [3.8, 4) is 0 Å². The highest BCUT2D eigenvalue weighted by Gasteiger charge is 2.22. The van der Waals surface area contributed by atoms with Gasteiger partial charge in [0.2, 0.25) is 0 Å². The van der Waals surface area contributed by atoms with E-state index in [9.17, 15) is 0 Å². The number of nitrogens with zero attached hydrogens (tertiary/aromatic N) is 2. The van der Waals surface area contributed by atoms with Crippen molar-refractivity contribution in [2.24, 2.45) is 0 Å². The SMILES string of the molecule is Cc1c(Br)c(Br)c(Cl)n1-n1c(C)c(Br)c(Br)c1Cl. The first-order valence-electron chi connectivity index (χ1n) is 4.73. The van der Waals surface area contributed by atoms with Crippen molar-refractivity contribution in [2.45, 2.75) is 13.8 Å². The summed E-state index contributed by atoms with van der Waals surface area (Å²) < 4.78 is 7.09. The van der Waals surface area contributed by atoms with Gasteiger partial charge in [0.05, 0.1) is 29.3 Å². The Bertz CT molecular complexity index is 538. The molecular formula is C10H6Br4Cl2N2. The minimum Gasteiger partial charge on any atom is -0.239 e. The van der Waals surface area contributed by atoms with Crippen molar-refractivity contribution in [3.05, 3.63) is 39.6 Å². The van der Waals surface area contributed by atoms with Crippen LogP contribution in [-0.2, 0) is 0 Å². The van der Waals surface area contributed by atoms with Crippen LogP contribution in [0.1, 0.15) is 11.4 Å². The fourth-order valence-corrected chi connectivity index (χ4v) is 4.08. The zero-order chi connectivity index (χ0) is 13.8. The first kappa shape index (κ1) is 15.4. The molecule has 0 aliphatic heterocycles. The maximum Gasteiger partial charge on any atom is 0.144 e. The van der Waals surface area contributed by atoms with Crippen LogP contribution in [0.2, 0.25) is 10.3 Å². The Morgan fingerprint density at radius 2 is 0.944 bits per heavy atom. The monoisotopic (exact) mass is 540 g/mol. The fourth-order valence-electron chi connectivity index (χ4n) is 1.64. The van der Waals surface area contributed by atoms with E-state index in [-0.39, 0.29) is 0 Å². The van der Waals surface area contributed by atoms with Crippen LogP contribution in [0.4, 0.5) is 0 Å². The van der Waals surface area contributed by atoms with Crippen LogP contribution < -0.4 is 0 Å². The van der Waals surface area contributed by atoms with E-state index in [0.29, 0.717) is 10.3 Å². The van der Waals surface area contributed by atoms with Gasteiger partial charge in [-0.1, -0.05) is 23.2 Å². The Morgan fingerprint density at radius 3 is 1.11 bits per heavy atom. The predicted molar refractivity (Wildman–Crippen MR) is 90.0 cm³/mol. The molecule has 8 heteroatoms. The van der Waals surface area contributed by atoms with Crippen LogP contribution >= 0.6 is 86.9 Å². The Hall–Kier alpha value is 1.06. The molecule has 0 unspecified atom stereocenters. The Kier molecular flexibility index (Phi) is 4.68. The molecule has 0 bridgehead atoms. The highest BCUT2D eigenvalue weighted by Crippen LogP contribution is 2.41. The molecule has 2 rings (SSSR count). The number of aromatic nitrogens is 2. The van der Waals surface area contributed by atoms with Gasteiger partial charge in [0.15, 0.2) is 0 Å². The molecule has 2 heterocycles. The Labute approximate surface area is 148 Å². The van der Waals surface area contributed by atoms with Gasteiger partial charge in [0, 0.05) is 0 Å². The summed E-state index contributed by atoms with van der Waals surface area (Å²) in [5, 5.41) is 1.11. The maximum atomic E-state index is 6.34. The van der Waals surface area contributed by atoms with Crippen LogP contribution in [-0.4, -0.2) is 9.35 Å². The van der Waals surface area contributed by atoms with E-state index >= 15 is 0 Å². The molecule has 0 saturated heterocycles. The van der Waals surface area contributed by atoms with Crippen LogP contribution in [0.25, 0.3) is 0 Å². The Balaban J connectivity index is 2.86. The quantitative estimate of drug-likeness (QED) is 0.384. The summed E-state index contributed by atoms with van der Waals surface area (Å²) in [7, 11) is 0. The molecule has 18 heavy (non-hydrogen) atoms. The second-order valence-corrected chi connectivity index (χ2v) is 7.52. The lowest BCUT2D eigenvalue weighted by Crippen LogP contribution is -2.12. The van der Waals surface area contributed by atoms with E-state index < -0.39 is 0 Å². The highest BCUT2D eigenvalue weighted by atomic mass is 79.9. The standard InChI is InChI=1S/C10H6Br4Cl2N2/c1-3-5(11)7(13)9(15)17(3)18-4(2)6(12)8(14)10(18)16/h1-2H3. The normalized spacial score (nSPS) is 11.3. The lowest BCUT2D eigenvalue weighted by atomic mass is 10.5. The highest BCUT2D eigenvalue weighted by molar-refractivity contribution is 9.13. The van der Waals surface area contributed by atoms with E-state index in [0.717, 1.165) is 29.3 Å². The Morgan fingerprint density at radius 1 is 0.667 bits per heavy atom. The van der Waals surface area contributed by atoms with E-state index in [1.807, 2.05) is 23.2 Å². The summed E-state index contributed by atoms with van der Waals surface area (Å²) in [4.78, 5) is 0. The summed E-state index contributed by atoms with van der Waals surface area (Å²) in [6.45, 7) is 3.91. The van der Waals surface area contributed by atoms with Gasteiger partial charge >= 0.3 is 0 Å². The van der Waals surface area contributed by atoms with Crippen molar-refractivity contribution in [3.63, 3.8) is 0 Å². The molecule has 0 N–H and O–H groups in total. The van der Waals surface area contributed by atoms with E-state index in [1.165, 1.54) is 0 Å². The van der Waals surface area contributed by atoms with Gasteiger partial charge in [0.25, 0.3) is 0 Å². The summed E-state index contributed by atoms with van der Waals surface area (Å²) in [5.41, 5.74) is 1.90. The van der Waals surface area contributed by atoms with Crippen LogP contribution in [0.3, 0.4) is 0 Å².